The number of hydrogen-bond donors (Lipinski definition) is 1. The molecule has 0 aliphatic heterocycles. The zero-order valence-corrected chi connectivity index (χ0v) is 7.46. The molecule has 0 fully saturated rings. The normalized spacial score (nSPS) is 12.6. The van der Waals surface area contributed by atoms with Gasteiger partial charge in [-0.15, -0.1) is 0 Å². The van der Waals surface area contributed by atoms with Crippen LogP contribution in [0.2, 0.25) is 0 Å². The van der Waals surface area contributed by atoms with Gasteiger partial charge in [-0.05, 0) is 11.6 Å². The van der Waals surface area contributed by atoms with Gasteiger partial charge in [0.25, 0.3) is 0 Å². The van der Waals surface area contributed by atoms with E-state index in [2.05, 4.69) is 10.1 Å². The maximum absolute atomic E-state index is 8.59. The number of aromatic nitrogens is 3. The minimum atomic E-state index is -0.471. The van der Waals surface area contributed by atoms with Crippen LogP contribution in [0.4, 0.5) is 0 Å². The van der Waals surface area contributed by atoms with Crippen LogP contribution in [0, 0.1) is 11.3 Å². The summed E-state index contributed by atoms with van der Waals surface area (Å²) in [5.41, 5.74) is 7.44. The van der Waals surface area contributed by atoms with Crippen LogP contribution in [0.3, 0.4) is 0 Å². The molecule has 2 heterocycles. The van der Waals surface area contributed by atoms with Gasteiger partial charge < -0.3 is 5.73 Å². The molecule has 0 bridgehead atoms. The van der Waals surface area contributed by atoms with Crippen LogP contribution >= 0.6 is 0 Å². The van der Waals surface area contributed by atoms with Gasteiger partial charge in [0.05, 0.1) is 23.8 Å². The van der Waals surface area contributed by atoms with E-state index in [1.54, 1.807) is 10.7 Å². The Kier molecular flexibility index (Phi) is 2.13. The molecule has 2 N–H and O–H groups in total. The molecule has 0 amide bonds. The van der Waals surface area contributed by atoms with Gasteiger partial charge in [0.15, 0.2) is 0 Å². The largest absolute Gasteiger partial charge is 0.316 e. The lowest BCUT2D eigenvalue weighted by molar-refractivity contribution is 0.824. The molecular formula is C9H9N5. The molecule has 1 unspecified atom stereocenters. The summed E-state index contributed by atoms with van der Waals surface area (Å²) < 4.78 is 1.71. The second-order valence-electron chi connectivity index (χ2n) is 3.02. The highest BCUT2D eigenvalue weighted by atomic mass is 15.2. The van der Waals surface area contributed by atoms with E-state index >= 15 is 0 Å². The molecule has 0 aliphatic rings. The Bertz CT molecular complexity index is 481. The molecule has 0 saturated carbocycles. The van der Waals surface area contributed by atoms with E-state index in [9.17, 15) is 0 Å². The van der Waals surface area contributed by atoms with E-state index in [0.29, 0.717) is 6.42 Å². The van der Waals surface area contributed by atoms with Gasteiger partial charge in [-0.3, -0.25) is 0 Å². The van der Waals surface area contributed by atoms with Crippen molar-refractivity contribution < 1.29 is 0 Å². The summed E-state index contributed by atoms with van der Waals surface area (Å²) in [6, 6.07) is 3.43. The Balaban J connectivity index is 2.39. The molecule has 2 rings (SSSR count). The van der Waals surface area contributed by atoms with Gasteiger partial charge >= 0.3 is 0 Å². The fraction of sp³-hybridized carbons (Fsp3) is 0.222. The summed E-state index contributed by atoms with van der Waals surface area (Å²) in [4.78, 5) is 3.92. The van der Waals surface area contributed by atoms with Crippen LogP contribution in [-0.4, -0.2) is 20.6 Å². The van der Waals surface area contributed by atoms with E-state index in [4.69, 9.17) is 11.0 Å². The van der Waals surface area contributed by atoms with Crippen molar-refractivity contribution in [3.05, 3.63) is 30.4 Å². The highest BCUT2D eigenvalue weighted by Gasteiger charge is 2.07. The summed E-state index contributed by atoms with van der Waals surface area (Å²) >= 11 is 0. The molecule has 70 valence electrons. The number of fused-ring (bicyclic) bond motifs is 1. The van der Waals surface area contributed by atoms with Gasteiger partial charge in [0.2, 0.25) is 0 Å². The highest BCUT2D eigenvalue weighted by Crippen LogP contribution is 2.11. The van der Waals surface area contributed by atoms with E-state index in [-0.39, 0.29) is 0 Å². The van der Waals surface area contributed by atoms with Crippen molar-refractivity contribution in [3.63, 3.8) is 0 Å². The summed E-state index contributed by atoms with van der Waals surface area (Å²) in [5.74, 6) is 0. The number of nitrogens with two attached hydrogens (primary N) is 1. The number of rotatable bonds is 2. The third-order valence-electron chi connectivity index (χ3n) is 2.04. The van der Waals surface area contributed by atoms with Crippen molar-refractivity contribution in [3.8, 4) is 6.07 Å². The number of nitrogens with zero attached hydrogens (tertiary/aromatic N) is 4. The second-order valence-corrected chi connectivity index (χ2v) is 3.02. The van der Waals surface area contributed by atoms with Gasteiger partial charge in [-0.2, -0.15) is 10.4 Å². The third kappa shape index (κ3) is 1.43. The Labute approximate surface area is 80.8 Å². The molecule has 0 spiro atoms. The molecule has 5 heteroatoms. The van der Waals surface area contributed by atoms with Crippen molar-refractivity contribution in [1.29, 1.82) is 5.26 Å². The Morgan fingerprint density at radius 2 is 2.50 bits per heavy atom. The zero-order valence-electron chi connectivity index (χ0n) is 7.46. The van der Waals surface area contributed by atoms with E-state index in [0.717, 1.165) is 11.1 Å². The van der Waals surface area contributed by atoms with Crippen LogP contribution in [0.5, 0.6) is 0 Å². The molecule has 0 radical (unpaired) electrons. The standard InChI is InChI=1S/C9H9N5/c10-4-8(11)3-7-1-2-14-9(7)5-12-6-13-14/h1-2,5-6,8H,3,11H2. The fourth-order valence-electron chi connectivity index (χ4n) is 1.36. The van der Waals surface area contributed by atoms with Crippen molar-refractivity contribution in [2.24, 2.45) is 5.73 Å². The fourth-order valence-corrected chi connectivity index (χ4v) is 1.36. The average Bonchev–Trinajstić information content (AvgIpc) is 2.62. The monoisotopic (exact) mass is 187 g/mol. The Morgan fingerprint density at radius 3 is 3.29 bits per heavy atom. The minimum absolute atomic E-state index is 0.471. The quantitative estimate of drug-likeness (QED) is 0.724. The summed E-state index contributed by atoms with van der Waals surface area (Å²) in [6.45, 7) is 0. The Morgan fingerprint density at radius 1 is 1.64 bits per heavy atom. The van der Waals surface area contributed by atoms with Gasteiger partial charge in [-0.25, -0.2) is 9.50 Å². The van der Waals surface area contributed by atoms with E-state index < -0.39 is 6.04 Å². The van der Waals surface area contributed by atoms with Crippen molar-refractivity contribution in [2.75, 3.05) is 0 Å². The molecule has 14 heavy (non-hydrogen) atoms. The van der Waals surface area contributed by atoms with Crippen LogP contribution in [0.15, 0.2) is 24.8 Å². The highest BCUT2D eigenvalue weighted by molar-refractivity contribution is 5.53. The molecule has 2 aromatic heterocycles. The maximum Gasteiger partial charge on any atom is 0.136 e. The maximum atomic E-state index is 8.59. The minimum Gasteiger partial charge on any atom is -0.316 e. The lowest BCUT2D eigenvalue weighted by atomic mass is 10.1. The summed E-state index contributed by atoms with van der Waals surface area (Å²) in [5, 5.41) is 12.6. The first kappa shape index (κ1) is 8.66. The smallest absolute Gasteiger partial charge is 0.136 e. The van der Waals surface area contributed by atoms with Gasteiger partial charge in [0, 0.05) is 12.6 Å². The van der Waals surface area contributed by atoms with E-state index in [1.165, 1.54) is 6.33 Å². The summed E-state index contributed by atoms with van der Waals surface area (Å²) in [7, 11) is 0. The molecule has 1 atom stereocenters. The molecule has 0 aromatic carbocycles. The van der Waals surface area contributed by atoms with Crippen LogP contribution < -0.4 is 5.73 Å². The molecular weight excluding hydrogens is 178 g/mol. The first-order valence-corrected chi connectivity index (χ1v) is 4.22. The predicted molar refractivity (Wildman–Crippen MR) is 50.3 cm³/mol. The van der Waals surface area contributed by atoms with Crippen molar-refractivity contribution in [2.45, 2.75) is 12.5 Å². The van der Waals surface area contributed by atoms with Crippen LogP contribution in [0.1, 0.15) is 5.56 Å². The summed E-state index contributed by atoms with van der Waals surface area (Å²) in [6.07, 6.45) is 5.55. The second kappa shape index (κ2) is 3.44. The lowest BCUT2D eigenvalue weighted by Gasteiger charge is -2.00. The first-order chi connectivity index (χ1) is 6.81. The number of hydrogen-bond acceptors (Lipinski definition) is 4. The molecule has 2 aromatic rings. The predicted octanol–water partition coefficient (Wildman–Crippen LogP) is 0.123. The van der Waals surface area contributed by atoms with Crippen molar-refractivity contribution in [1.82, 2.24) is 14.6 Å². The molecule has 0 aliphatic carbocycles. The average molecular weight is 187 g/mol. The molecule has 0 saturated heterocycles. The van der Waals surface area contributed by atoms with Crippen LogP contribution in [0.25, 0.3) is 5.52 Å². The first-order valence-electron chi connectivity index (χ1n) is 4.22. The Hall–Kier alpha value is -1.93. The van der Waals surface area contributed by atoms with Gasteiger partial charge in [0.1, 0.15) is 6.33 Å². The number of nitriles is 1. The SMILES string of the molecule is N#CC(N)Cc1ccn2ncncc12. The lowest BCUT2D eigenvalue weighted by Crippen LogP contribution is -2.19. The van der Waals surface area contributed by atoms with Gasteiger partial charge in [-0.1, -0.05) is 0 Å². The zero-order chi connectivity index (χ0) is 9.97. The topological polar surface area (TPSA) is 80.0 Å². The van der Waals surface area contributed by atoms with Crippen LogP contribution in [-0.2, 0) is 6.42 Å². The van der Waals surface area contributed by atoms with Crippen molar-refractivity contribution >= 4 is 5.52 Å². The molecule has 5 nitrogen and oxygen atoms in total. The van der Waals surface area contributed by atoms with E-state index in [1.807, 2.05) is 18.3 Å². The third-order valence-corrected chi connectivity index (χ3v) is 2.04.